The van der Waals surface area contributed by atoms with Crippen molar-refractivity contribution >= 4 is 23.4 Å². The van der Waals surface area contributed by atoms with Crippen LogP contribution < -0.4 is 10.7 Å². The lowest BCUT2D eigenvalue weighted by Gasteiger charge is -2.11. The van der Waals surface area contributed by atoms with E-state index in [1.165, 1.54) is 12.1 Å². The number of benzene rings is 1. The van der Waals surface area contributed by atoms with Crippen LogP contribution >= 0.6 is 0 Å². The highest BCUT2D eigenvalue weighted by Crippen LogP contribution is 2.22. The van der Waals surface area contributed by atoms with Crippen molar-refractivity contribution in [3.63, 3.8) is 0 Å². The smallest absolute Gasteiger partial charge is 0.335 e. The van der Waals surface area contributed by atoms with E-state index >= 15 is 0 Å². The number of carbonyl (C=O) groups is 1. The number of anilines is 3. The summed E-state index contributed by atoms with van der Waals surface area (Å²) in [6.07, 6.45) is 0. The average Bonchev–Trinajstić information content (AvgIpc) is 2.44. The summed E-state index contributed by atoms with van der Waals surface area (Å²) in [4.78, 5) is 29.4. The van der Waals surface area contributed by atoms with Crippen LogP contribution in [0.1, 0.15) is 21.6 Å². The quantitative estimate of drug-likeness (QED) is 0.565. The summed E-state index contributed by atoms with van der Waals surface area (Å²) in [5.41, 5.74) is 3.79. The zero-order valence-corrected chi connectivity index (χ0v) is 11.8. The van der Waals surface area contributed by atoms with Crippen LogP contribution in [0.2, 0.25) is 0 Å². The summed E-state index contributed by atoms with van der Waals surface area (Å²) in [5, 5.41) is 21.7. The molecule has 0 fully saturated rings. The maximum atomic E-state index is 11.0. The van der Waals surface area contributed by atoms with Crippen molar-refractivity contribution in [3.8, 4) is 0 Å². The Kier molecular flexibility index (Phi) is 4.16. The Labute approximate surface area is 125 Å². The van der Waals surface area contributed by atoms with E-state index in [0.29, 0.717) is 22.8 Å². The minimum atomic E-state index is -1.05. The molecule has 0 saturated heterocycles. The van der Waals surface area contributed by atoms with Gasteiger partial charge in [0.2, 0.25) is 0 Å². The van der Waals surface area contributed by atoms with E-state index in [0.717, 1.165) is 0 Å². The largest absolute Gasteiger partial charge is 0.478 e. The number of aromatic nitrogens is 2. The van der Waals surface area contributed by atoms with E-state index in [9.17, 15) is 14.9 Å². The van der Waals surface area contributed by atoms with Gasteiger partial charge in [0.25, 0.3) is 5.95 Å². The van der Waals surface area contributed by atoms with Gasteiger partial charge >= 0.3 is 5.97 Å². The first-order chi connectivity index (χ1) is 10.4. The molecule has 0 aliphatic heterocycles. The Morgan fingerprint density at radius 3 is 2.68 bits per heavy atom. The van der Waals surface area contributed by atoms with Crippen molar-refractivity contribution < 1.29 is 14.9 Å². The number of nitrogens with one attached hydrogen (secondary N) is 2. The van der Waals surface area contributed by atoms with Crippen molar-refractivity contribution in [1.82, 2.24) is 9.97 Å². The number of hydrogen-bond donors (Lipinski definition) is 3. The molecule has 0 spiro atoms. The highest BCUT2D eigenvalue weighted by atomic mass is 16.7. The number of aryl methyl sites for hydroxylation is 1. The Morgan fingerprint density at radius 1 is 1.32 bits per heavy atom. The second-order valence-electron chi connectivity index (χ2n) is 4.49. The second-order valence-corrected chi connectivity index (χ2v) is 4.49. The standard InChI is InChI=1S/C13H13N5O4/c1-7-8(2)14-13(17-18(21)22)16-11(7)15-10-5-3-4-9(6-10)12(19)20/h3-6H,1-2H3,(H,19,20)(H2,14,15,16,17). The van der Waals surface area contributed by atoms with Gasteiger partial charge in [0.1, 0.15) is 5.82 Å². The minimum absolute atomic E-state index is 0.122. The van der Waals surface area contributed by atoms with Gasteiger partial charge in [-0.2, -0.15) is 4.98 Å². The van der Waals surface area contributed by atoms with Gasteiger partial charge in [-0.15, -0.1) is 0 Å². The van der Waals surface area contributed by atoms with Crippen LogP contribution in [0.25, 0.3) is 0 Å². The Morgan fingerprint density at radius 2 is 2.05 bits per heavy atom. The summed E-state index contributed by atoms with van der Waals surface area (Å²) in [5.74, 6) is -0.834. The third-order valence-electron chi connectivity index (χ3n) is 2.95. The third kappa shape index (κ3) is 3.45. The Bertz CT molecular complexity index is 747. The Balaban J connectivity index is 2.36. The summed E-state index contributed by atoms with van der Waals surface area (Å²) >= 11 is 0. The zero-order chi connectivity index (χ0) is 16.3. The molecule has 2 rings (SSSR count). The van der Waals surface area contributed by atoms with Crippen LogP contribution in [0.4, 0.5) is 17.5 Å². The molecule has 3 N–H and O–H groups in total. The fourth-order valence-electron chi connectivity index (χ4n) is 1.75. The first-order valence-electron chi connectivity index (χ1n) is 6.23. The van der Waals surface area contributed by atoms with Gasteiger partial charge in [0.05, 0.1) is 5.56 Å². The van der Waals surface area contributed by atoms with Crippen LogP contribution in [-0.2, 0) is 0 Å². The van der Waals surface area contributed by atoms with E-state index < -0.39 is 11.0 Å². The van der Waals surface area contributed by atoms with Gasteiger partial charge in [-0.3, -0.25) is 0 Å². The lowest BCUT2D eigenvalue weighted by molar-refractivity contribution is -0.446. The van der Waals surface area contributed by atoms with Crippen LogP contribution in [0, 0.1) is 24.0 Å². The van der Waals surface area contributed by atoms with Gasteiger partial charge in [0.15, 0.2) is 5.03 Å². The number of nitro groups is 1. The summed E-state index contributed by atoms with van der Waals surface area (Å²) < 4.78 is 0. The molecule has 0 radical (unpaired) electrons. The highest BCUT2D eigenvalue weighted by molar-refractivity contribution is 5.89. The molecule has 0 unspecified atom stereocenters. The molecule has 9 nitrogen and oxygen atoms in total. The molecule has 0 bridgehead atoms. The van der Waals surface area contributed by atoms with Crippen molar-refractivity contribution in [2.24, 2.45) is 0 Å². The highest BCUT2D eigenvalue weighted by Gasteiger charge is 2.12. The fourth-order valence-corrected chi connectivity index (χ4v) is 1.75. The number of hydrazine groups is 1. The molecule has 22 heavy (non-hydrogen) atoms. The number of aromatic carboxylic acids is 1. The lowest BCUT2D eigenvalue weighted by Crippen LogP contribution is -2.13. The summed E-state index contributed by atoms with van der Waals surface area (Å²) in [6, 6.07) is 6.17. The molecule has 114 valence electrons. The minimum Gasteiger partial charge on any atom is -0.478 e. The topological polar surface area (TPSA) is 130 Å². The van der Waals surface area contributed by atoms with E-state index in [-0.39, 0.29) is 11.5 Å². The van der Waals surface area contributed by atoms with Gasteiger partial charge < -0.3 is 10.4 Å². The summed E-state index contributed by atoms with van der Waals surface area (Å²) in [7, 11) is 0. The van der Waals surface area contributed by atoms with Gasteiger partial charge in [-0.1, -0.05) is 11.5 Å². The number of nitrogens with zero attached hydrogens (tertiary/aromatic N) is 3. The second kappa shape index (κ2) is 6.04. The maximum Gasteiger partial charge on any atom is 0.335 e. The van der Waals surface area contributed by atoms with Crippen molar-refractivity contribution in [2.75, 3.05) is 10.7 Å². The number of rotatable bonds is 5. The molecule has 1 aromatic heterocycles. The lowest BCUT2D eigenvalue weighted by atomic mass is 10.2. The Hall–Kier alpha value is -3.23. The van der Waals surface area contributed by atoms with Gasteiger partial charge in [-0.05, 0) is 32.0 Å². The van der Waals surface area contributed by atoms with Crippen molar-refractivity contribution in [3.05, 3.63) is 51.2 Å². The normalized spacial score (nSPS) is 10.1. The fraction of sp³-hybridized carbons (Fsp3) is 0.154. The molecule has 0 atom stereocenters. The molecular formula is C13H13N5O4. The molecule has 9 heteroatoms. The van der Waals surface area contributed by atoms with E-state index in [2.05, 4.69) is 15.3 Å². The molecule has 0 aliphatic carbocycles. The van der Waals surface area contributed by atoms with Gasteiger partial charge in [0, 0.05) is 16.9 Å². The van der Waals surface area contributed by atoms with Crippen LogP contribution in [-0.4, -0.2) is 26.1 Å². The number of carboxylic acid groups (broad SMARTS) is 1. The van der Waals surface area contributed by atoms with Crippen LogP contribution in [0.15, 0.2) is 24.3 Å². The molecular weight excluding hydrogens is 290 g/mol. The maximum absolute atomic E-state index is 11.0. The van der Waals surface area contributed by atoms with Crippen LogP contribution in [0.3, 0.4) is 0 Å². The monoisotopic (exact) mass is 303 g/mol. The van der Waals surface area contributed by atoms with Crippen LogP contribution in [0.5, 0.6) is 0 Å². The number of hydrogen-bond acceptors (Lipinski definition) is 6. The first-order valence-corrected chi connectivity index (χ1v) is 6.23. The molecule has 2 aromatic rings. The molecule has 0 saturated carbocycles. The number of carboxylic acids is 1. The van der Waals surface area contributed by atoms with Crippen molar-refractivity contribution in [1.29, 1.82) is 0 Å². The van der Waals surface area contributed by atoms with E-state index in [4.69, 9.17) is 5.11 Å². The zero-order valence-electron chi connectivity index (χ0n) is 11.8. The molecule has 1 heterocycles. The molecule has 1 aromatic carbocycles. The van der Waals surface area contributed by atoms with E-state index in [1.807, 2.05) is 5.43 Å². The SMILES string of the molecule is Cc1nc(N[N+](=O)[O-])nc(Nc2cccc(C(=O)O)c2)c1C. The third-order valence-corrected chi connectivity index (χ3v) is 2.95. The molecule has 0 aliphatic rings. The predicted molar refractivity (Wildman–Crippen MR) is 78.8 cm³/mol. The average molecular weight is 303 g/mol. The van der Waals surface area contributed by atoms with E-state index in [1.54, 1.807) is 26.0 Å². The van der Waals surface area contributed by atoms with Gasteiger partial charge in [-0.25, -0.2) is 19.9 Å². The molecule has 0 amide bonds. The predicted octanol–water partition coefficient (Wildman–Crippen LogP) is 2.14. The first kappa shape index (κ1) is 15.2. The summed E-state index contributed by atoms with van der Waals surface area (Å²) in [6.45, 7) is 3.45. The van der Waals surface area contributed by atoms with Crippen molar-refractivity contribution in [2.45, 2.75) is 13.8 Å².